The lowest BCUT2D eigenvalue weighted by molar-refractivity contribution is 0.535. The van der Waals surface area contributed by atoms with E-state index in [1.807, 2.05) is 13.0 Å². The predicted octanol–water partition coefficient (Wildman–Crippen LogP) is 1.41. The highest BCUT2D eigenvalue weighted by Crippen LogP contribution is 2.32. The summed E-state index contributed by atoms with van der Waals surface area (Å²) in [6.07, 6.45) is 6.35. The van der Waals surface area contributed by atoms with Crippen molar-refractivity contribution in [3.63, 3.8) is 0 Å². The van der Waals surface area contributed by atoms with Crippen LogP contribution in [0.2, 0.25) is 0 Å². The molecule has 0 aromatic carbocycles. The molecule has 1 atom stereocenters. The van der Waals surface area contributed by atoms with Gasteiger partial charge >= 0.3 is 0 Å². The molecule has 0 amide bonds. The van der Waals surface area contributed by atoms with Gasteiger partial charge in [-0.2, -0.15) is 0 Å². The van der Waals surface area contributed by atoms with Crippen LogP contribution in [0.4, 0.5) is 0 Å². The van der Waals surface area contributed by atoms with Crippen LogP contribution in [0.25, 0.3) is 0 Å². The first-order valence-electron chi connectivity index (χ1n) is 7.25. The monoisotopic (exact) mass is 295 g/mol. The van der Waals surface area contributed by atoms with E-state index in [0.29, 0.717) is 12.0 Å². The Bertz CT molecular complexity index is 563. The van der Waals surface area contributed by atoms with Gasteiger partial charge < -0.3 is 5.32 Å². The maximum absolute atomic E-state index is 12.2. The van der Waals surface area contributed by atoms with Crippen molar-refractivity contribution in [1.29, 1.82) is 0 Å². The van der Waals surface area contributed by atoms with E-state index in [2.05, 4.69) is 15.0 Å². The smallest absolute Gasteiger partial charge is 0.258 e. The Morgan fingerprint density at radius 1 is 1.30 bits per heavy atom. The molecule has 2 N–H and O–H groups in total. The molecule has 0 saturated heterocycles. The summed E-state index contributed by atoms with van der Waals surface area (Å²) in [6.45, 7) is 2.67. The molecule has 0 aliphatic heterocycles. The molecule has 1 heterocycles. The summed E-state index contributed by atoms with van der Waals surface area (Å²) < 4.78 is 27.1. The van der Waals surface area contributed by atoms with E-state index in [1.165, 1.54) is 12.8 Å². The summed E-state index contributed by atoms with van der Waals surface area (Å²) in [4.78, 5) is 4.09. The standard InChI is InChI=1S/C14H21N3O2S/c1-10(12-3-4-12)17-20(18,19)14-7-2-11(9-16-14)8-15-13-5-6-13/h2,7,9-10,12-13,15,17H,3-6,8H2,1H3. The van der Waals surface area contributed by atoms with Crippen LogP contribution in [0.3, 0.4) is 0 Å². The van der Waals surface area contributed by atoms with Crippen LogP contribution >= 0.6 is 0 Å². The van der Waals surface area contributed by atoms with E-state index >= 15 is 0 Å². The predicted molar refractivity (Wildman–Crippen MR) is 76.6 cm³/mol. The van der Waals surface area contributed by atoms with Crippen LogP contribution in [0.15, 0.2) is 23.4 Å². The van der Waals surface area contributed by atoms with Crippen LogP contribution < -0.4 is 10.0 Å². The average molecular weight is 295 g/mol. The van der Waals surface area contributed by atoms with Crippen molar-refractivity contribution >= 4 is 10.0 Å². The van der Waals surface area contributed by atoms with Crippen molar-refractivity contribution in [2.45, 2.75) is 56.3 Å². The Hall–Kier alpha value is -0.980. The highest BCUT2D eigenvalue weighted by molar-refractivity contribution is 7.89. The number of nitrogens with zero attached hydrogens (tertiary/aromatic N) is 1. The molecule has 20 heavy (non-hydrogen) atoms. The quantitative estimate of drug-likeness (QED) is 0.798. The van der Waals surface area contributed by atoms with Gasteiger partial charge in [-0.25, -0.2) is 18.1 Å². The van der Waals surface area contributed by atoms with Gasteiger partial charge in [0.2, 0.25) is 0 Å². The fourth-order valence-electron chi connectivity index (χ4n) is 2.22. The molecule has 0 bridgehead atoms. The number of nitrogens with one attached hydrogen (secondary N) is 2. The zero-order valence-electron chi connectivity index (χ0n) is 11.7. The third kappa shape index (κ3) is 3.56. The van der Waals surface area contributed by atoms with Crippen molar-refractivity contribution in [3.8, 4) is 0 Å². The highest BCUT2D eigenvalue weighted by atomic mass is 32.2. The summed E-state index contributed by atoms with van der Waals surface area (Å²) in [5.41, 5.74) is 1.02. The van der Waals surface area contributed by atoms with Gasteiger partial charge in [0.25, 0.3) is 10.0 Å². The average Bonchev–Trinajstić information content (AvgIpc) is 3.29. The molecule has 1 unspecified atom stereocenters. The Morgan fingerprint density at radius 3 is 2.60 bits per heavy atom. The minimum absolute atomic E-state index is 0.00184. The second kappa shape index (κ2) is 5.42. The first-order valence-corrected chi connectivity index (χ1v) is 8.73. The minimum Gasteiger partial charge on any atom is -0.310 e. The van der Waals surface area contributed by atoms with Crippen LogP contribution in [0.1, 0.15) is 38.2 Å². The van der Waals surface area contributed by atoms with E-state index in [9.17, 15) is 8.42 Å². The molecular weight excluding hydrogens is 274 g/mol. The van der Waals surface area contributed by atoms with Gasteiger partial charge in [-0.05, 0) is 50.2 Å². The molecule has 2 saturated carbocycles. The summed E-state index contributed by atoms with van der Waals surface area (Å²) in [7, 11) is -3.48. The van der Waals surface area contributed by atoms with Crippen molar-refractivity contribution in [1.82, 2.24) is 15.0 Å². The molecule has 0 spiro atoms. The van der Waals surface area contributed by atoms with E-state index in [1.54, 1.807) is 12.3 Å². The first kappa shape index (κ1) is 14.0. The lowest BCUT2D eigenvalue weighted by atomic mass is 10.2. The Balaban J connectivity index is 1.62. The van der Waals surface area contributed by atoms with Crippen molar-refractivity contribution in [2.75, 3.05) is 0 Å². The molecule has 1 aromatic rings. The minimum atomic E-state index is -3.48. The van der Waals surface area contributed by atoms with E-state index in [-0.39, 0.29) is 11.1 Å². The van der Waals surface area contributed by atoms with Gasteiger partial charge in [0.15, 0.2) is 5.03 Å². The molecule has 1 aromatic heterocycles. The molecular formula is C14H21N3O2S. The summed E-state index contributed by atoms with van der Waals surface area (Å²) >= 11 is 0. The van der Waals surface area contributed by atoms with Gasteiger partial charge in [0, 0.05) is 24.8 Å². The molecule has 2 fully saturated rings. The Kier molecular flexibility index (Phi) is 3.79. The maximum atomic E-state index is 12.2. The third-order valence-electron chi connectivity index (χ3n) is 3.92. The maximum Gasteiger partial charge on any atom is 0.258 e. The lowest BCUT2D eigenvalue weighted by Gasteiger charge is -2.13. The number of sulfonamides is 1. The number of rotatable bonds is 7. The zero-order valence-corrected chi connectivity index (χ0v) is 12.5. The van der Waals surface area contributed by atoms with E-state index in [0.717, 1.165) is 24.9 Å². The van der Waals surface area contributed by atoms with Gasteiger partial charge in [0.1, 0.15) is 0 Å². The van der Waals surface area contributed by atoms with Gasteiger partial charge in [0.05, 0.1) is 0 Å². The second-order valence-corrected chi connectivity index (χ2v) is 7.57. The van der Waals surface area contributed by atoms with E-state index < -0.39 is 10.0 Å². The molecule has 6 heteroatoms. The lowest BCUT2D eigenvalue weighted by Crippen LogP contribution is -2.34. The fourth-order valence-corrected chi connectivity index (χ4v) is 3.46. The summed E-state index contributed by atoms with van der Waals surface area (Å²) in [5, 5.41) is 3.49. The normalized spacial score (nSPS) is 20.9. The Labute approximate surface area is 120 Å². The molecule has 2 aliphatic rings. The number of aromatic nitrogens is 1. The van der Waals surface area contributed by atoms with Gasteiger partial charge in [-0.15, -0.1) is 0 Å². The number of pyridine rings is 1. The van der Waals surface area contributed by atoms with Crippen molar-refractivity contribution < 1.29 is 8.42 Å². The second-order valence-electron chi connectivity index (χ2n) is 5.91. The zero-order chi connectivity index (χ0) is 14.2. The molecule has 5 nitrogen and oxygen atoms in total. The highest BCUT2D eigenvalue weighted by Gasteiger charge is 2.31. The van der Waals surface area contributed by atoms with Gasteiger partial charge in [-0.3, -0.25) is 0 Å². The van der Waals surface area contributed by atoms with Gasteiger partial charge in [-0.1, -0.05) is 6.07 Å². The number of hydrogen-bond acceptors (Lipinski definition) is 4. The van der Waals surface area contributed by atoms with Crippen LogP contribution in [0, 0.1) is 5.92 Å². The summed E-state index contributed by atoms with van der Waals surface area (Å²) in [6, 6.07) is 4.06. The SMILES string of the molecule is CC(NS(=O)(=O)c1ccc(CNC2CC2)cn1)C1CC1. The summed E-state index contributed by atoms with van der Waals surface area (Å²) in [5.74, 6) is 0.492. The first-order chi connectivity index (χ1) is 9.54. The number of hydrogen-bond donors (Lipinski definition) is 2. The fraction of sp³-hybridized carbons (Fsp3) is 0.643. The van der Waals surface area contributed by atoms with E-state index in [4.69, 9.17) is 0 Å². The topological polar surface area (TPSA) is 71.1 Å². The van der Waals surface area contributed by atoms with Crippen LogP contribution in [-0.2, 0) is 16.6 Å². The molecule has 110 valence electrons. The van der Waals surface area contributed by atoms with Crippen LogP contribution in [-0.4, -0.2) is 25.5 Å². The van der Waals surface area contributed by atoms with Crippen molar-refractivity contribution in [2.24, 2.45) is 5.92 Å². The van der Waals surface area contributed by atoms with Crippen LogP contribution in [0.5, 0.6) is 0 Å². The molecule has 2 aliphatic carbocycles. The third-order valence-corrected chi connectivity index (χ3v) is 5.39. The molecule has 0 radical (unpaired) electrons. The molecule has 3 rings (SSSR count). The largest absolute Gasteiger partial charge is 0.310 e. The Morgan fingerprint density at radius 2 is 2.05 bits per heavy atom. The van der Waals surface area contributed by atoms with Crippen molar-refractivity contribution in [3.05, 3.63) is 23.9 Å².